The standard InChI is InChI=1S/C18H22N4O/c1-2-23-17-6-3-13(4-7-17)21-18-8-5-16(10-19-18)22-11-14-9-15(12-22)20-14/h3-8,10,14-15,20H,2,9,11-12H2,1H3,(H,19,21). The molecule has 23 heavy (non-hydrogen) atoms. The zero-order chi connectivity index (χ0) is 15.6. The highest BCUT2D eigenvalue weighted by molar-refractivity contribution is 5.59. The molecule has 1 aromatic carbocycles. The fourth-order valence-electron chi connectivity index (χ4n) is 3.32. The maximum Gasteiger partial charge on any atom is 0.130 e. The van der Waals surface area contributed by atoms with Crippen molar-refractivity contribution in [3.05, 3.63) is 42.6 Å². The second-order valence-corrected chi connectivity index (χ2v) is 6.19. The summed E-state index contributed by atoms with van der Waals surface area (Å²) in [6, 6.07) is 13.5. The SMILES string of the molecule is CCOc1ccc(Nc2ccc(N3CC4CC(C3)N4)cn2)cc1. The van der Waals surface area contributed by atoms with Crippen molar-refractivity contribution < 1.29 is 4.74 Å². The molecule has 5 rings (SSSR count). The Morgan fingerprint density at radius 3 is 2.52 bits per heavy atom. The van der Waals surface area contributed by atoms with Crippen molar-refractivity contribution in [2.24, 2.45) is 0 Å². The van der Waals surface area contributed by atoms with Crippen LogP contribution in [0.25, 0.3) is 0 Å². The minimum atomic E-state index is 0.662. The molecule has 0 spiro atoms. The number of pyridine rings is 1. The van der Waals surface area contributed by atoms with Crippen LogP contribution in [0.4, 0.5) is 17.2 Å². The van der Waals surface area contributed by atoms with Gasteiger partial charge in [-0.15, -0.1) is 0 Å². The van der Waals surface area contributed by atoms with Crippen LogP contribution in [0.15, 0.2) is 42.6 Å². The summed E-state index contributed by atoms with van der Waals surface area (Å²) < 4.78 is 5.45. The number of nitrogens with zero attached hydrogens (tertiary/aromatic N) is 2. The highest BCUT2D eigenvalue weighted by Gasteiger charge is 2.36. The maximum absolute atomic E-state index is 5.45. The smallest absolute Gasteiger partial charge is 0.130 e. The minimum Gasteiger partial charge on any atom is -0.494 e. The number of ether oxygens (including phenoxy) is 1. The van der Waals surface area contributed by atoms with Gasteiger partial charge in [-0.25, -0.2) is 4.98 Å². The van der Waals surface area contributed by atoms with Gasteiger partial charge in [-0.05, 0) is 49.7 Å². The Labute approximate surface area is 136 Å². The summed E-state index contributed by atoms with van der Waals surface area (Å²) in [5.41, 5.74) is 2.22. The lowest BCUT2D eigenvalue weighted by atomic mass is 9.91. The third-order valence-corrected chi connectivity index (χ3v) is 4.47. The molecule has 4 heterocycles. The van der Waals surface area contributed by atoms with E-state index in [9.17, 15) is 0 Å². The Morgan fingerprint density at radius 1 is 1.17 bits per heavy atom. The van der Waals surface area contributed by atoms with Gasteiger partial charge in [0, 0.05) is 30.9 Å². The molecule has 3 aliphatic heterocycles. The highest BCUT2D eigenvalue weighted by Crippen LogP contribution is 2.26. The van der Waals surface area contributed by atoms with E-state index < -0.39 is 0 Å². The van der Waals surface area contributed by atoms with Gasteiger partial charge >= 0.3 is 0 Å². The van der Waals surface area contributed by atoms with Crippen LogP contribution in [0.5, 0.6) is 5.75 Å². The summed E-state index contributed by atoms with van der Waals surface area (Å²) in [4.78, 5) is 6.96. The summed E-state index contributed by atoms with van der Waals surface area (Å²) in [7, 11) is 0. The number of rotatable bonds is 5. The molecule has 2 N–H and O–H groups in total. The predicted molar refractivity (Wildman–Crippen MR) is 92.7 cm³/mol. The first-order chi connectivity index (χ1) is 11.3. The number of hydrogen-bond donors (Lipinski definition) is 2. The van der Waals surface area contributed by atoms with Crippen LogP contribution in [0.2, 0.25) is 0 Å². The average Bonchev–Trinajstić information content (AvgIpc) is 2.57. The summed E-state index contributed by atoms with van der Waals surface area (Å²) in [5.74, 6) is 1.75. The number of benzene rings is 1. The van der Waals surface area contributed by atoms with Gasteiger partial charge in [0.2, 0.25) is 0 Å². The number of aromatic nitrogens is 1. The molecule has 0 saturated carbocycles. The lowest BCUT2D eigenvalue weighted by molar-refractivity contribution is 0.226. The summed E-state index contributed by atoms with van der Waals surface area (Å²) in [5, 5.41) is 6.88. The molecule has 5 nitrogen and oxygen atoms in total. The molecule has 3 aliphatic rings. The van der Waals surface area contributed by atoms with Crippen molar-refractivity contribution in [3.63, 3.8) is 0 Å². The Morgan fingerprint density at radius 2 is 1.91 bits per heavy atom. The topological polar surface area (TPSA) is 49.4 Å². The normalized spacial score (nSPS) is 22.4. The van der Waals surface area contributed by atoms with Crippen LogP contribution in [0.3, 0.4) is 0 Å². The van der Waals surface area contributed by atoms with Gasteiger partial charge in [-0.3, -0.25) is 0 Å². The monoisotopic (exact) mass is 310 g/mol. The highest BCUT2D eigenvalue weighted by atomic mass is 16.5. The van der Waals surface area contributed by atoms with Gasteiger partial charge in [0.1, 0.15) is 11.6 Å². The molecule has 1 aromatic heterocycles. The van der Waals surface area contributed by atoms with Gasteiger partial charge in [-0.2, -0.15) is 0 Å². The van der Waals surface area contributed by atoms with Crippen LogP contribution < -0.4 is 20.3 Å². The quantitative estimate of drug-likeness (QED) is 0.889. The number of piperazine rings is 1. The van der Waals surface area contributed by atoms with E-state index in [-0.39, 0.29) is 0 Å². The van der Waals surface area contributed by atoms with Gasteiger partial charge in [0.15, 0.2) is 0 Å². The van der Waals surface area contributed by atoms with Crippen molar-refractivity contribution in [1.82, 2.24) is 10.3 Å². The van der Waals surface area contributed by atoms with E-state index in [0.29, 0.717) is 18.7 Å². The lowest BCUT2D eigenvalue weighted by Crippen LogP contribution is -2.67. The van der Waals surface area contributed by atoms with Crippen LogP contribution >= 0.6 is 0 Å². The largest absolute Gasteiger partial charge is 0.494 e. The number of nitrogens with one attached hydrogen (secondary N) is 2. The predicted octanol–water partition coefficient (Wildman–Crippen LogP) is 2.77. The van der Waals surface area contributed by atoms with Crippen molar-refractivity contribution in [2.45, 2.75) is 25.4 Å². The molecule has 3 saturated heterocycles. The van der Waals surface area contributed by atoms with Crippen molar-refractivity contribution in [1.29, 1.82) is 0 Å². The molecule has 3 fully saturated rings. The van der Waals surface area contributed by atoms with Crippen LogP contribution in [-0.2, 0) is 0 Å². The first kappa shape index (κ1) is 14.3. The van der Waals surface area contributed by atoms with E-state index in [4.69, 9.17) is 4.74 Å². The van der Waals surface area contributed by atoms with Crippen molar-refractivity contribution in [3.8, 4) is 5.75 Å². The molecule has 120 valence electrons. The van der Waals surface area contributed by atoms with Crippen LogP contribution in [0.1, 0.15) is 13.3 Å². The van der Waals surface area contributed by atoms with E-state index >= 15 is 0 Å². The van der Waals surface area contributed by atoms with Gasteiger partial charge in [0.05, 0.1) is 18.5 Å². The molecule has 0 amide bonds. The number of fused-ring (bicyclic) bond motifs is 2. The van der Waals surface area contributed by atoms with E-state index in [2.05, 4.69) is 26.6 Å². The number of piperidine rings is 1. The number of anilines is 3. The van der Waals surface area contributed by atoms with Crippen molar-refractivity contribution >= 4 is 17.2 Å². The first-order valence-electron chi connectivity index (χ1n) is 8.27. The number of hydrogen-bond acceptors (Lipinski definition) is 5. The van der Waals surface area contributed by atoms with Gasteiger partial charge in [0.25, 0.3) is 0 Å². The third kappa shape index (κ3) is 3.10. The molecule has 2 atom stereocenters. The second kappa shape index (κ2) is 6.08. The molecule has 5 heteroatoms. The summed E-state index contributed by atoms with van der Waals surface area (Å²) >= 11 is 0. The van der Waals surface area contributed by atoms with Crippen molar-refractivity contribution in [2.75, 3.05) is 29.9 Å². The van der Waals surface area contributed by atoms with E-state index in [1.807, 2.05) is 43.5 Å². The fourth-order valence-corrected chi connectivity index (χ4v) is 3.32. The maximum atomic E-state index is 5.45. The van der Waals surface area contributed by atoms with Crippen LogP contribution in [0, 0.1) is 0 Å². The Bertz CT molecular complexity index is 640. The zero-order valence-corrected chi connectivity index (χ0v) is 13.3. The fraction of sp³-hybridized carbons (Fsp3) is 0.389. The van der Waals surface area contributed by atoms with Gasteiger partial charge < -0.3 is 20.3 Å². The Hall–Kier alpha value is -2.27. The Kier molecular flexibility index (Phi) is 3.79. The Balaban J connectivity index is 1.39. The second-order valence-electron chi connectivity index (χ2n) is 6.19. The molecule has 2 bridgehead atoms. The molecule has 2 aromatic rings. The third-order valence-electron chi connectivity index (χ3n) is 4.47. The summed E-state index contributed by atoms with van der Waals surface area (Å²) in [6.07, 6.45) is 3.28. The van der Waals surface area contributed by atoms with Gasteiger partial charge in [-0.1, -0.05) is 0 Å². The molecule has 2 unspecified atom stereocenters. The molecule has 0 aliphatic carbocycles. The summed E-state index contributed by atoms with van der Waals surface area (Å²) in [6.45, 7) is 4.84. The zero-order valence-electron chi connectivity index (χ0n) is 13.3. The molecular formula is C18H22N4O. The van der Waals surface area contributed by atoms with E-state index in [1.165, 1.54) is 12.1 Å². The molecule has 0 radical (unpaired) electrons. The average molecular weight is 310 g/mol. The first-order valence-corrected chi connectivity index (χ1v) is 8.27. The van der Waals surface area contributed by atoms with Crippen LogP contribution in [-0.4, -0.2) is 36.8 Å². The lowest BCUT2D eigenvalue weighted by Gasteiger charge is -2.49. The van der Waals surface area contributed by atoms with E-state index in [0.717, 1.165) is 30.3 Å². The van der Waals surface area contributed by atoms with E-state index in [1.54, 1.807) is 0 Å². The minimum absolute atomic E-state index is 0.662. The molecular weight excluding hydrogens is 288 g/mol.